The summed E-state index contributed by atoms with van der Waals surface area (Å²) in [6.45, 7) is 6.92. The molecule has 220 valence electrons. The van der Waals surface area contributed by atoms with Crippen LogP contribution in [0.1, 0.15) is 59.4 Å². The number of carbonyl (C=O) groups excluding carboxylic acids is 1. The van der Waals surface area contributed by atoms with Crippen molar-refractivity contribution in [2.45, 2.75) is 52.5 Å². The first-order chi connectivity index (χ1) is 21.0. The zero-order valence-electron chi connectivity index (χ0n) is 24.3. The molecule has 0 saturated carbocycles. The first-order valence-electron chi connectivity index (χ1n) is 15.0. The number of nitrogens with zero attached hydrogens (tertiary/aromatic N) is 6. The number of likely N-dealkylation sites (tertiary alicyclic amines) is 1. The minimum atomic E-state index is -0.397. The summed E-state index contributed by atoms with van der Waals surface area (Å²) in [6.07, 6.45) is 9.37. The Morgan fingerprint density at radius 2 is 1.77 bits per heavy atom. The highest BCUT2D eigenvalue weighted by Gasteiger charge is 2.31. The van der Waals surface area contributed by atoms with Gasteiger partial charge in [-0.2, -0.15) is 5.10 Å². The molecule has 5 heterocycles. The molecule has 0 bridgehead atoms. The SMILES string of the molecule is CCc1cccc(CC)c1-n1nc2c(c1-c1c(F)cc(Cl)c3[nH]ccc13)CN(c1ncc(C(=O)N3CCCC3)cn1)CC2. The second kappa shape index (κ2) is 11.1. The standard InChI is InChI=1S/C33H33ClFN7O/c1-3-20-8-7-9-21(4-2)30(20)42-31(28-23-10-12-36-29(23)25(34)16-26(28)35)24-19-41(15-11-27(24)39-42)33-37-17-22(18-38-33)32(43)40-13-5-6-14-40/h7-10,12,16-18,36H,3-6,11,13-15,19H2,1-2H3. The fourth-order valence-corrected chi connectivity index (χ4v) is 6.80. The van der Waals surface area contributed by atoms with E-state index in [9.17, 15) is 4.79 Å². The second-order valence-corrected chi connectivity index (χ2v) is 11.6. The van der Waals surface area contributed by atoms with Gasteiger partial charge in [0.25, 0.3) is 5.91 Å². The number of anilines is 1. The van der Waals surface area contributed by atoms with Gasteiger partial charge < -0.3 is 14.8 Å². The number of H-pyrrole nitrogens is 1. The molecule has 0 radical (unpaired) electrons. The molecule has 1 saturated heterocycles. The molecule has 1 amide bonds. The van der Waals surface area contributed by atoms with E-state index in [2.05, 4.69) is 51.9 Å². The van der Waals surface area contributed by atoms with Crippen molar-refractivity contribution < 1.29 is 9.18 Å². The number of carbonyl (C=O) groups is 1. The Kier molecular flexibility index (Phi) is 7.13. The van der Waals surface area contributed by atoms with Crippen LogP contribution in [0.5, 0.6) is 0 Å². The van der Waals surface area contributed by atoms with E-state index < -0.39 is 5.82 Å². The average molecular weight is 598 g/mol. The lowest BCUT2D eigenvalue weighted by Crippen LogP contribution is -2.32. The predicted octanol–water partition coefficient (Wildman–Crippen LogP) is 6.53. The Hall–Kier alpha value is -4.24. The maximum Gasteiger partial charge on any atom is 0.256 e. The number of fused-ring (bicyclic) bond motifs is 2. The molecule has 2 aliphatic heterocycles. The lowest BCUT2D eigenvalue weighted by atomic mass is 9.97. The average Bonchev–Trinajstić information content (AvgIpc) is 3.81. The molecule has 0 atom stereocenters. The Balaban J connectivity index is 1.36. The minimum Gasteiger partial charge on any atom is -0.360 e. The van der Waals surface area contributed by atoms with Gasteiger partial charge in [-0.15, -0.1) is 0 Å². The topological polar surface area (TPSA) is 82.9 Å². The molecule has 0 unspecified atom stereocenters. The van der Waals surface area contributed by atoms with Crippen molar-refractivity contribution in [2.75, 3.05) is 24.5 Å². The van der Waals surface area contributed by atoms with E-state index in [1.807, 2.05) is 15.6 Å². The number of rotatable bonds is 6. The molecule has 1 N–H and O–H groups in total. The van der Waals surface area contributed by atoms with E-state index in [0.717, 1.165) is 72.5 Å². The monoisotopic (exact) mass is 597 g/mol. The predicted molar refractivity (Wildman–Crippen MR) is 167 cm³/mol. The fraction of sp³-hybridized carbons (Fsp3) is 0.333. The van der Waals surface area contributed by atoms with E-state index >= 15 is 4.39 Å². The number of halogens is 2. The number of aromatic amines is 1. The van der Waals surface area contributed by atoms with E-state index in [1.165, 1.54) is 6.07 Å². The van der Waals surface area contributed by atoms with Gasteiger partial charge >= 0.3 is 0 Å². The number of nitrogens with one attached hydrogen (secondary N) is 1. The molecule has 1 fully saturated rings. The normalized spacial score (nSPS) is 15.0. The Bertz CT molecular complexity index is 1820. The third kappa shape index (κ3) is 4.66. The van der Waals surface area contributed by atoms with Gasteiger partial charge in [-0.1, -0.05) is 43.6 Å². The summed E-state index contributed by atoms with van der Waals surface area (Å²) in [5.74, 6) is 0.115. The highest BCUT2D eigenvalue weighted by atomic mass is 35.5. The highest BCUT2D eigenvalue weighted by molar-refractivity contribution is 6.35. The molecular weight excluding hydrogens is 565 g/mol. The minimum absolute atomic E-state index is 0.0244. The van der Waals surface area contributed by atoms with Crippen molar-refractivity contribution >= 4 is 34.4 Å². The highest BCUT2D eigenvalue weighted by Crippen LogP contribution is 2.41. The van der Waals surface area contributed by atoms with E-state index in [4.69, 9.17) is 16.7 Å². The molecule has 0 spiro atoms. The van der Waals surface area contributed by atoms with Gasteiger partial charge in [-0.25, -0.2) is 19.0 Å². The van der Waals surface area contributed by atoms with Crippen LogP contribution < -0.4 is 4.90 Å². The van der Waals surface area contributed by atoms with Crippen LogP contribution in [0, 0.1) is 5.82 Å². The summed E-state index contributed by atoms with van der Waals surface area (Å²) in [7, 11) is 0. The van der Waals surface area contributed by atoms with Crippen molar-refractivity contribution in [1.82, 2.24) is 29.6 Å². The molecule has 2 aromatic carbocycles. The van der Waals surface area contributed by atoms with Crippen LogP contribution in [0.2, 0.25) is 5.02 Å². The number of hydrogen-bond acceptors (Lipinski definition) is 5. The van der Waals surface area contributed by atoms with Crippen molar-refractivity contribution in [2.24, 2.45) is 0 Å². The molecule has 43 heavy (non-hydrogen) atoms. The van der Waals surface area contributed by atoms with Crippen LogP contribution in [0.4, 0.5) is 10.3 Å². The first kappa shape index (κ1) is 27.6. The summed E-state index contributed by atoms with van der Waals surface area (Å²) in [5.41, 5.74) is 7.54. The number of amides is 1. The van der Waals surface area contributed by atoms with Crippen LogP contribution in [-0.2, 0) is 25.8 Å². The molecule has 10 heteroatoms. The van der Waals surface area contributed by atoms with Gasteiger partial charge in [-0.05, 0) is 48.9 Å². The van der Waals surface area contributed by atoms with Gasteiger partial charge in [0.15, 0.2) is 0 Å². The zero-order chi connectivity index (χ0) is 29.7. The Labute approximate surface area is 254 Å². The van der Waals surface area contributed by atoms with Crippen molar-refractivity contribution in [3.63, 3.8) is 0 Å². The number of aromatic nitrogens is 5. The lowest BCUT2D eigenvalue weighted by Gasteiger charge is -2.27. The summed E-state index contributed by atoms with van der Waals surface area (Å²) in [4.78, 5) is 29.2. The molecule has 5 aromatic rings. The van der Waals surface area contributed by atoms with Crippen LogP contribution >= 0.6 is 11.6 Å². The lowest BCUT2D eigenvalue weighted by molar-refractivity contribution is 0.0792. The van der Waals surface area contributed by atoms with Crippen LogP contribution in [0.15, 0.2) is 48.9 Å². The largest absolute Gasteiger partial charge is 0.360 e. The van der Waals surface area contributed by atoms with E-state index in [-0.39, 0.29) is 5.91 Å². The van der Waals surface area contributed by atoms with Gasteiger partial charge in [0, 0.05) is 67.7 Å². The Morgan fingerprint density at radius 1 is 1.05 bits per heavy atom. The molecule has 2 aliphatic rings. The quantitative estimate of drug-likeness (QED) is 0.241. The van der Waals surface area contributed by atoms with E-state index in [1.54, 1.807) is 18.6 Å². The third-order valence-corrected chi connectivity index (χ3v) is 9.05. The van der Waals surface area contributed by atoms with Crippen LogP contribution in [0.25, 0.3) is 27.8 Å². The van der Waals surface area contributed by atoms with Gasteiger partial charge in [0.2, 0.25) is 5.95 Å². The summed E-state index contributed by atoms with van der Waals surface area (Å²) in [5, 5.41) is 6.21. The first-order valence-corrected chi connectivity index (χ1v) is 15.4. The maximum absolute atomic E-state index is 16.1. The van der Waals surface area contributed by atoms with Crippen molar-refractivity contribution in [3.8, 4) is 16.9 Å². The van der Waals surface area contributed by atoms with Crippen LogP contribution in [0.3, 0.4) is 0 Å². The van der Waals surface area contributed by atoms with Crippen molar-refractivity contribution in [3.05, 3.63) is 87.7 Å². The summed E-state index contributed by atoms with van der Waals surface area (Å²) >= 11 is 6.47. The fourth-order valence-electron chi connectivity index (χ4n) is 6.55. The zero-order valence-corrected chi connectivity index (χ0v) is 25.1. The van der Waals surface area contributed by atoms with Crippen molar-refractivity contribution in [1.29, 1.82) is 0 Å². The van der Waals surface area contributed by atoms with Crippen LogP contribution in [-0.4, -0.2) is 55.2 Å². The molecule has 0 aliphatic carbocycles. The molecule has 8 nitrogen and oxygen atoms in total. The molecule has 3 aromatic heterocycles. The number of para-hydroxylation sites is 1. The summed E-state index contributed by atoms with van der Waals surface area (Å²) in [6, 6.07) is 9.57. The number of benzene rings is 2. The second-order valence-electron chi connectivity index (χ2n) is 11.2. The number of aryl methyl sites for hydroxylation is 2. The number of hydrogen-bond donors (Lipinski definition) is 1. The van der Waals surface area contributed by atoms with Gasteiger partial charge in [0.1, 0.15) is 5.82 Å². The smallest absolute Gasteiger partial charge is 0.256 e. The third-order valence-electron chi connectivity index (χ3n) is 8.76. The maximum atomic E-state index is 16.1. The van der Waals surface area contributed by atoms with Gasteiger partial charge in [-0.3, -0.25) is 4.79 Å². The Morgan fingerprint density at radius 3 is 2.47 bits per heavy atom. The molecular formula is C33H33ClFN7O. The molecule has 7 rings (SSSR count). The summed E-state index contributed by atoms with van der Waals surface area (Å²) < 4.78 is 18.1. The van der Waals surface area contributed by atoms with Gasteiger partial charge in [0.05, 0.1) is 33.2 Å². The van der Waals surface area contributed by atoms with E-state index in [0.29, 0.717) is 52.5 Å².